The van der Waals surface area contributed by atoms with E-state index in [0.29, 0.717) is 0 Å². The van der Waals surface area contributed by atoms with Crippen molar-refractivity contribution >= 4 is 38.9 Å². The number of hydrogen-bond acceptors (Lipinski definition) is 5. The van der Waals surface area contributed by atoms with Crippen LogP contribution in [-0.2, 0) is 14.8 Å². The van der Waals surface area contributed by atoms with Crippen LogP contribution in [0, 0.1) is 0 Å². The van der Waals surface area contributed by atoms with Crippen LogP contribution in [0.5, 0.6) is 0 Å². The number of ether oxygens (including phenoxy) is 1. The van der Waals surface area contributed by atoms with Crippen LogP contribution in [0.15, 0.2) is 10.3 Å². The molecule has 84 valence electrons. The summed E-state index contributed by atoms with van der Waals surface area (Å²) in [6.07, 6.45) is 0. The van der Waals surface area contributed by atoms with Gasteiger partial charge in [-0.05, 0) is 6.92 Å². The molecular weight excluding hydrogens is 262 g/mol. The largest absolute Gasteiger partial charge is 0.462 e. The van der Waals surface area contributed by atoms with Crippen LogP contribution in [0.2, 0.25) is 4.34 Å². The number of halogens is 1. The SMILES string of the molecule is CCOC(=O)c1csc(Cl)c1S(N)(=O)=O. The molecule has 0 aliphatic heterocycles. The molecule has 0 bridgehead atoms. The quantitative estimate of drug-likeness (QED) is 0.836. The van der Waals surface area contributed by atoms with Crippen molar-refractivity contribution in [3.8, 4) is 0 Å². The fraction of sp³-hybridized carbons (Fsp3) is 0.286. The minimum atomic E-state index is -4.01. The Morgan fingerprint density at radius 1 is 1.67 bits per heavy atom. The molecule has 0 saturated carbocycles. The zero-order valence-electron chi connectivity index (χ0n) is 7.69. The molecular formula is C7H8ClNO4S2. The first-order chi connectivity index (χ1) is 6.88. The molecule has 0 aliphatic rings. The third kappa shape index (κ3) is 2.69. The van der Waals surface area contributed by atoms with Crippen molar-refractivity contribution in [2.45, 2.75) is 11.8 Å². The van der Waals surface area contributed by atoms with Gasteiger partial charge in [-0.3, -0.25) is 0 Å². The maximum atomic E-state index is 11.3. The predicted molar refractivity (Wildman–Crippen MR) is 56.7 cm³/mol. The van der Waals surface area contributed by atoms with E-state index < -0.39 is 16.0 Å². The first-order valence-corrected chi connectivity index (χ1v) is 6.65. The van der Waals surface area contributed by atoms with Gasteiger partial charge in [-0.15, -0.1) is 11.3 Å². The van der Waals surface area contributed by atoms with Crippen LogP contribution in [0.4, 0.5) is 0 Å². The van der Waals surface area contributed by atoms with Crippen LogP contribution < -0.4 is 5.14 Å². The number of carbonyl (C=O) groups excluding carboxylic acids is 1. The molecule has 1 heterocycles. The van der Waals surface area contributed by atoms with E-state index in [-0.39, 0.29) is 21.4 Å². The summed E-state index contributed by atoms with van der Waals surface area (Å²) >= 11 is 6.54. The summed E-state index contributed by atoms with van der Waals surface area (Å²) in [4.78, 5) is 11.0. The number of thiophene rings is 1. The van der Waals surface area contributed by atoms with Crippen molar-refractivity contribution in [1.82, 2.24) is 0 Å². The van der Waals surface area contributed by atoms with Crippen molar-refractivity contribution < 1.29 is 17.9 Å². The number of sulfonamides is 1. The normalized spacial score (nSPS) is 11.4. The maximum Gasteiger partial charge on any atom is 0.340 e. The maximum absolute atomic E-state index is 11.3. The van der Waals surface area contributed by atoms with E-state index in [4.69, 9.17) is 16.7 Å². The lowest BCUT2D eigenvalue weighted by molar-refractivity contribution is 0.0522. The standard InChI is InChI=1S/C7H8ClNO4S2/c1-2-13-7(10)4-3-14-6(8)5(4)15(9,11)12/h3H,2H2,1H3,(H2,9,11,12). The molecule has 0 fully saturated rings. The van der Waals surface area contributed by atoms with Crippen molar-refractivity contribution in [3.05, 3.63) is 15.3 Å². The fourth-order valence-electron chi connectivity index (χ4n) is 0.938. The number of primary sulfonamides is 1. The van der Waals surface area contributed by atoms with E-state index in [1.54, 1.807) is 6.92 Å². The molecule has 1 aromatic rings. The molecule has 0 amide bonds. The average Bonchev–Trinajstić information content (AvgIpc) is 2.46. The van der Waals surface area contributed by atoms with Gasteiger partial charge in [0.2, 0.25) is 10.0 Å². The van der Waals surface area contributed by atoms with Crippen LogP contribution >= 0.6 is 22.9 Å². The minimum absolute atomic E-state index is 0.0412. The van der Waals surface area contributed by atoms with E-state index in [0.717, 1.165) is 11.3 Å². The van der Waals surface area contributed by atoms with Gasteiger partial charge in [0, 0.05) is 5.38 Å². The number of rotatable bonds is 3. The Kier molecular flexibility index (Phi) is 3.72. The Hall–Kier alpha value is -0.630. The summed E-state index contributed by atoms with van der Waals surface area (Å²) in [5, 5.41) is 6.23. The highest BCUT2D eigenvalue weighted by atomic mass is 35.5. The second-order valence-electron chi connectivity index (χ2n) is 2.52. The van der Waals surface area contributed by atoms with Gasteiger partial charge in [0.1, 0.15) is 9.23 Å². The van der Waals surface area contributed by atoms with Crippen molar-refractivity contribution in [3.63, 3.8) is 0 Å². The summed E-state index contributed by atoms with van der Waals surface area (Å²) in [6, 6.07) is 0. The number of carbonyl (C=O) groups is 1. The number of hydrogen-bond donors (Lipinski definition) is 1. The predicted octanol–water partition coefficient (Wildman–Crippen LogP) is 1.23. The van der Waals surface area contributed by atoms with Crippen LogP contribution in [0.1, 0.15) is 17.3 Å². The van der Waals surface area contributed by atoms with Crippen molar-refractivity contribution in [2.75, 3.05) is 6.61 Å². The van der Waals surface area contributed by atoms with Gasteiger partial charge in [0.15, 0.2) is 0 Å². The lowest BCUT2D eigenvalue weighted by Gasteiger charge is -2.02. The monoisotopic (exact) mass is 269 g/mol. The fourth-order valence-corrected chi connectivity index (χ4v) is 3.39. The summed E-state index contributed by atoms with van der Waals surface area (Å²) in [5.41, 5.74) is -0.116. The van der Waals surface area contributed by atoms with E-state index in [1.165, 1.54) is 5.38 Å². The molecule has 1 aromatic heterocycles. The molecule has 2 N–H and O–H groups in total. The van der Waals surface area contributed by atoms with Gasteiger partial charge in [0.25, 0.3) is 0 Å². The van der Waals surface area contributed by atoms with E-state index in [9.17, 15) is 13.2 Å². The third-order valence-electron chi connectivity index (χ3n) is 1.48. The molecule has 0 atom stereocenters. The summed E-state index contributed by atoms with van der Waals surface area (Å²) in [7, 11) is -4.01. The molecule has 0 spiro atoms. The Balaban J connectivity index is 3.27. The van der Waals surface area contributed by atoms with Gasteiger partial charge in [-0.2, -0.15) is 0 Å². The lowest BCUT2D eigenvalue weighted by atomic mass is 10.3. The van der Waals surface area contributed by atoms with Gasteiger partial charge >= 0.3 is 5.97 Å². The van der Waals surface area contributed by atoms with Crippen molar-refractivity contribution in [1.29, 1.82) is 0 Å². The molecule has 0 aromatic carbocycles. The van der Waals surface area contributed by atoms with Crippen LogP contribution in [0.25, 0.3) is 0 Å². The summed E-state index contributed by atoms with van der Waals surface area (Å²) in [5.74, 6) is -0.746. The number of esters is 1. The molecule has 0 saturated heterocycles. The zero-order valence-corrected chi connectivity index (χ0v) is 10.1. The first-order valence-electron chi connectivity index (χ1n) is 3.84. The van der Waals surface area contributed by atoms with Crippen LogP contribution in [-0.4, -0.2) is 21.0 Å². The van der Waals surface area contributed by atoms with Gasteiger partial charge < -0.3 is 4.74 Å². The Labute approximate surface area is 95.8 Å². The lowest BCUT2D eigenvalue weighted by Crippen LogP contribution is -2.16. The van der Waals surface area contributed by atoms with Crippen LogP contribution in [0.3, 0.4) is 0 Å². The molecule has 1 rings (SSSR count). The van der Waals surface area contributed by atoms with Gasteiger partial charge in [-0.25, -0.2) is 18.4 Å². The van der Waals surface area contributed by atoms with E-state index >= 15 is 0 Å². The first kappa shape index (κ1) is 12.4. The van der Waals surface area contributed by atoms with E-state index in [1.807, 2.05) is 0 Å². The van der Waals surface area contributed by atoms with Gasteiger partial charge in [0.05, 0.1) is 12.2 Å². The second kappa shape index (κ2) is 4.48. The highest BCUT2D eigenvalue weighted by molar-refractivity contribution is 7.89. The molecule has 0 unspecified atom stereocenters. The average molecular weight is 270 g/mol. The minimum Gasteiger partial charge on any atom is -0.462 e. The Morgan fingerprint density at radius 2 is 2.27 bits per heavy atom. The smallest absolute Gasteiger partial charge is 0.340 e. The zero-order chi connectivity index (χ0) is 11.6. The summed E-state index contributed by atoms with van der Waals surface area (Å²) in [6.45, 7) is 1.76. The molecule has 0 aliphatic carbocycles. The second-order valence-corrected chi connectivity index (χ2v) is 5.50. The molecule has 5 nitrogen and oxygen atoms in total. The highest BCUT2D eigenvalue weighted by Crippen LogP contribution is 2.31. The molecule has 0 radical (unpaired) electrons. The highest BCUT2D eigenvalue weighted by Gasteiger charge is 2.25. The Bertz CT molecular complexity index is 479. The van der Waals surface area contributed by atoms with E-state index in [2.05, 4.69) is 4.74 Å². The molecule has 8 heteroatoms. The Morgan fingerprint density at radius 3 is 2.73 bits per heavy atom. The third-order valence-corrected chi connectivity index (χ3v) is 3.94. The molecule has 15 heavy (non-hydrogen) atoms. The topological polar surface area (TPSA) is 86.5 Å². The summed E-state index contributed by atoms with van der Waals surface area (Å²) < 4.78 is 26.9. The number of nitrogens with two attached hydrogens (primary N) is 1. The van der Waals surface area contributed by atoms with Crippen molar-refractivity contribution in [2.24, 2.45) is 5.14 Å². The van der Waals surface area contributed by atoms with Gasteiger partial charge in [-0.1, -0.05) is 11.6 Å².